The van der Waals surface area contributed by atoms with Crippen LogP contribution in [-0.4, -0.2) is 29.2 Å². The zero-order valence-corrected chi connectivity index (χ0v) is 11.6. The minimum Gasteiger partial charge on any atom is -0.393 e. The van der Waals surface area contributed by atoms with Gasteiger partial charge in [0.1, 0.15) is 0 Å². The fraction of sp³-hybridized carbons (Fsp3) is 0.562. The van der Waals surface area contributed by atoms with Gasteiger partial charge in [-0.25, -0.2) is 0 Å². The molecule has 3 N–H and O–H groups in total. The van der Waals surface area contributed by atoms with Crippen molar-refractivity contribution in [2.45, 2.75) is 56.8 Å². The first kappa shape index (κ1) is 13.6. The van der Waals surface area contributed by atoms with E-state index in [9.17, 15) is 9.90 Å². The number of aliphatic hydroxyl groups excluding tert-OH is 1. The number of amides is 1. The second-order valence-corrected chi connectivity index (χ2v) is 5.92. The SMILES string of the molecule is O=C(NC1CCC(O)CC1)[C@H]1Cc2ccccc2CN1. The van der Waals surface area contributed by atoms with Crippen LogP contribution in [0.1, 0.15) is 36.8 Å². The molecule has 1 fully saturated rings. The van der Waals surface area contributed by atoms with Crippen LogP contribution in [0.4, 0.5) is 0 Å². The molecule has 3 rings (SSSR count). The zero-order chi connectivity index (χ0) is 13.9. The highest BCUT2D eigenvalue weighted by Crippen LogP contribution is 2.20. The number of hydrogen-bond acceptors (Lipinski definition) is 3. The summed E-state index contributed by atoms with van der Waals surface area (Å²) in [6.45, 7) is 0.762. The largest absolute Gasteiger partial charge is 0.393 e. The summed E-state index contributed by atoms with van der Waals surface area (Å²) >= 11 is 0. The maximum Gasteiger partial charge on any atom is 0.237 e. The number of rotatable bonds is 2. The smallest absolute Gasteiger partial charge is 0.237 e. The summed E-state index contributed by atoms with van der Waals surface area (Å²) in [6.07, 6.45) is 3.95. The van der Waals surface area contributed by atoms with E-state index in [0.29, 0.717) is 0 Å². The average molecular weight is 274 g/mol. The summed E-state index contributed by atoms with van der Waals surface area (Å²) in [7, 11) is 0. The molecule has 0 radical (unpaired) electrons. The van der Waals surface area contributed by atoms with E-state index in [1.54, 1.807) is 0 Å². The number of carbonyl (C=O) groups is 1. The fourth-order valence-corrected chi connectivity index (χ4v) is 3.16. The Bertz CT molecular complexity index is 481. The van der Waals surface area contributed by atoms with Crippen LogP contribution in [0, 0.1) is 0 Å². The first-order valence-corrected chi connectivity index (χ1v) is 7.51. The van der Waals surface area contributed by atoms with Crippen LogP contribution in [-0.2, 0) is 17.8 Å². The van der Waals surface area contributed by atoms with Crippen LogP contribution in [0.25, 0.3) is 0 Å². The average Bonchev–Trinajstić information content (AvgIpc) is 2.49. The molecule has 4 heteroatoms. The molecule has 0 saturated heterocycles. The second-order valence-electron chi connectivity index (χ2n) is 5.92. The van der Waals surface area contributed by atoms with Gasteiger partial charge in [0.15, 0.2) is 0 Å². The van der Waals surface area contributed by atoms with Crippen LogP contribution in [0.15, 0.2) is 24.3 Å². The monoisotopic (exact) mass is 274 g/mol. The summed E-state index contributed by atoms with van der Waals surface area (Å²) in [4.78, 5) is 12.3. The molecule has 4 nitrogen and oxygen atoms in total. The molecule has 1 atom stereocenters. The molecule has 1 amide bonds. The van der Waals surface area contributed by atoms with Crippen molar-refractivity contribution in [1.82, 2.24) is 10.6 Å². The number of benzene rings is 1. The minimum absolute atomic E-state index is 0.0980. The van der Waals surface area contributed by atoms with Gasteiger partial charge in [0.25, 0.3) is 0 Å². The third-order valence-electron chi connectivity index (χ3n) is 4.44. The van der Waals surface area contributed by atoms with Gasteiger partial charge in [-0.3, -0.25) is 4.79 Å². The first-order chi connectivity index (χ1) is 9.72. The maximum absolute atomic E-state index is 12.3. The quantitative estimate of drug-likeness (QED) is 0.757. The van der Waals surface area contributed by atoms with E-state index in [0.717, 1.165) is 38.6 Å². The Balaban J connectivity index is 1.56. The molecule has 108 valence electrons. The molecule has 1 aromatic rings. The van der Waals surface area contributed by atoms with Crippen LogP contribution in [0.2, 0.25) is 0 Å². The lowest BCUT2D eigenvalue weighted by molar-refractivity contribution is -0.124. The summed E-state index contributed by atoms with van der Waals surface area (Å²) < 4.78 is 0. The highest BCUT2D eigenvalue weighted by atomic mass is 16.3. The van der Waals surface area contributed by atoms with Gasteiger partial charge in [-0.05, 0) is 43.2 Å². The van der Waals surface area contributed by atoms with Gasteiger partial charge in [-0.1, -0.05) is 24.3 Å². The van der Waals surface area contributed by atoms with Gasteiger partial charge in [0.05, 0.1) is 12.1 Å². The van der Waals surface area contributed by atoms with E-state index in [2.05, 4.69) is 22.8 Å². The highest BCUT2D eigenvalue weighted by molar-refractivity contribution is 5.82. The number of fused-ring (bicyclic) bond motifs is 1. The van der Waals surface area contributed by atoms with Crippen molar-refractivity contribution < 1.29 is 9.90 Å². The summed E-state index contributed by atoms with van der Waals surface area (Å²) in [6, 6.07) is 8.38. The van der Waals surface area contributed by atoms with E-state index < -0.39 is 0 Å². The molecule has 20 heavy (non-hydrogen) atoms. The molecular formula is C16H22N2O2. The molecule has 0 spiro atoms. The normalized spacial score (nSPS) is 29.6. The molecule has 1 aromatic carbocycles. The number of carbonyl (C=O) groups excluding carboxylic acids is 1. The second kappa shape index (κ2) is 5.94. The predicted octanol–water partition coefficient (Wildman–Crippen LogP) is 1.12. The minimum atomic E-state index is -0.178. The lowest BCUT2D eigenvalue weighted by Gasteiger charge is -2.30. The molecule has 0 unspecified atom stereocenters. The number of aliphatic hydroxyl groups is 1. The Hall–Kier alpha value is -1.39. The maximum atomic E-state index is 12.3. The number of hydrogen-bond donors (Lipinski definition) is 3. The van der Waals surface area contributed by atoms with Gasteiger partial charge in [-0.2, -0.15) is 0 Å². The fourth-order valence-electron chi connectivity index (χ4n) is 3.16. The van der Waals surface area contributed by atoms with Crippen molar-refractivity contribution in [2.24, 2.45) is 0 Å². The Kier molecular flexibility index (Phi) is 4.03. The molecule has 1 saturated carbocycles. The van der Waals surface area contributed by atoms with E-state index in [1.165, 1.54) is 11.1 Å². The van der Waals surface area contributed by atoms with Crippen molar-refractivity contribution in [3.63, 3.8) is 0 Å². The third kappa shape index (κ3) is 3.02. The van der Waals surface area contributed by atoms with E-state index in [1.807, 2.05) is 12.1 Å². The van der Waals surface area contributed by atoms with Crippen molar-refractivity contribution in [2.75, 3.05) is 0 Å². The van der Waals surface area contributed by atoms with E-state index in [-0.39, 0.29) is 24.1 Å². The Morgan fingerprint density at radius 1 is 1.15 bits per heavy atom. The van der Waals surface area contributed by atoms with Gasteiger partial charge in [0, 0.05) is 12.6 Å². The van der Waals surface area contributed by atoms with Gasteiger partial charge >= 0.3 is 0 Å². The van der Waals surface area contributed by atoms with Crippen molar-refractivity contribution in [3.05, 3.63) is 35.4 Å². The van der Waals surface area contributed by atoms with E-state index in [4.69, 9.17) is 0 Å². The lowest BCUT2D eigenvalue weighted by atomic mass is 9.92. The van der Waals surface area contributed by atoms with Crippen LogP contribution < -0.4 is 10.6 Å². The molecule has 0 aromatic heterocycles. The summed E-state index contributed by atoms with van der Waals surface area (Å²) in [5.74, 6) is 0.0980. The topological polar surface area (TPSA) is 61.4 Å². The molecule has 1 aliphatic heterocycles. The molecule has 0 bridgehead atoms. The Morgan fingerprint density at radius 2 is 1.85 bits per heavy atom. The van der Waals surface area contributed by atoms with Crippen LogP contribution >= 0.6 is 0 Å². The molecule has 1 aliphatic carbocycles. The molecule has 1 heterocycles. The lowest BCUT2D eigenvalue weighted by Crippen LogP contribution is -2.51. The van der Waals surface area contributed by atoms with Gasteiger partial charge in [-0.15, -0.1) is 0 Å². The Morgan fingerprint density at radius 3 is 2.60 bits per heavy atom. The number of nitrogens with one attached hydrogen (secondary N) is 2. The zero-order valence-electron chi connectivity index (χ0n) is 11.6. The molecule has 2 aliphatic rings. The van der Waals surface area contributed by atoms with Gasteiger partial charge in [0.2, 0.25) is 5.91 Å². The van der Waals surface area contributed by atoms with Crippen molar-refractivity contribution in [3.8, 4) is 0 Å². The highest BCUT2D eigenvalue weighted by Gasteiger charge is 2.27. The Labute approximate surface area is 119 Å². The van der Waals surface area contributed by atoms with E-state index >= 15 is 0 Å². The summed E-state index contributed by atoms with van der Waals surface area (Å²) in [5.41, 5.74) is 2.56. The van der Waals surface area contributed by atoms with Gasteiger partial charge < -0.3 is 15.7 Å². The third-order valence-corrected chi connectivity index (χ3v) is 4.44. The summed E-state index contributed by atoms with van der Waals surface area (Å²) in [5, 5.41) is 15.9. The van der Waals surface area contributed by atoms with Crippen molar-refractivity contribution in [1.29, 1.82) is 0 Å². The van der Waals surface area contributed by atoms with Crippen molar-refractivity contribution >= 4 is 5.91 Å². The standard InChI is InChI=1S/C16H22N2O2/c19-14-7-5-13(6-8-14)18-16(20)15-9-11-3-1-2-4-12(11)10-17-15/h1-4,13-15,17,19H,5-10H2,(H,18,20)/t13?,14?,15-/m1/s1. The van der Waals surface area contributed by atoms with Crippen LogP contribution in [0.3, 0.4) is 0 Å². The predicted molar refractivity (Wildman–Crippen MR) is 77.2 cm³/mol. The molecular weight excluding hydrogens is 252 g/mol. The first-order valence-electron chi connectivity index (χ1n) is 7.51. The van der Waals surface area contributed by atoms with Crippen LogP contribution in [0.5, 0.6) is 0 Å².